The first kappa shape index (κ1) is 11.5. The molecule has 19 heavy (non-hydrogen) atoms. The lowest BCUT2D eigenvalue weighted by atomic mass is 10.2. The maximum Gasteiger partial charge on any atom is 0.259 e. The molecule has 0 atom stereocenters. The molecule has 0 aliphatic carbocycles. The van der Waals surface area contributed by atoms with Gasteiger partial charge in [-0.1, -0.05) is 18.2 Å². The van der Waals surface area contributed by atoms with E-state index in [-0.39, 0.29) is 5.91 Å². The number of nitrogens with one attached hydrogen (secondary N) is 1. The van der Waals surface area contributed by atoms with Crippen LogP contribution in [0.5, 0.6) is 0 Å². The summed E-state index contributed by atoms with van der Waals surface area (Å²) in [4.78, 5) is 16.4. The minimum absolute atomic E-state index is 0.190. The fourth-order valence-electron chi connectivity index (χ4n) is 2.02. The third-order valence-electron chi connectivity index (χ3n) is 2.98. The van der Waals surface area contributed by atoms with Gasteiger partial charge in [0.15, 0.2) is 0 Å². The van der Waals surface area contributed by atoms with Gasteiger partial charge in [0.25, 0.3) is 5.91 Å². The van der Waals surface area contributed by atoms with E-state index in [9.17, 15) is 4.79 Å². The minimum Gasteiger partial charge on any atom is -0.469 e. The Morgan fingerprint density at radius 2 is 2.05 bits per heavy atom. The van der Waals surface area contributed by atoms with Gasteiger partial charge in [-0.05, 0) is 25.1 Å². The van der Waals surface area contributed by atoms with Crippen LogP contribution in [0.4, 0.5) is 5.69 Å². The van der Waals surface area contributed by atoms with Crippen molar-refractivity contribution < 1.29 is 9.21 Å². The van der Waals surface area contributed by atoms with E-state index in [1.807, 2.05) is 30.3 Å². The number of hydrogen-bond donors (Lipinski definition) is 1. The normalized spacial score (nSPS) is 10.6. The molecule has 4 nitrogen and oxygen atoms in total. The number of fused-ring (bicyclic) bond motifs is 1. The summed E-state index contributed by atoms with van der Waals surface area (Å²) in [7, 11) is 0. The molecule has 0 bridgehead atoms. The van der Waals surface area contributed by atoms with E-state index >= 15 is 0 Å². The van der Waals surface area contributed by atoms with Crippen molar-refractivity contribution in [3.05, 3.63) is 60.2 Å². The average Bonchev–Trinajstić information content (AvgIpc) is 2.85. The molecule has 0 aliphatic rings. The van der Waals surface area contributed by atoms with Crippen molar-refractivity contribution in [2.45, 2.75) is 6.92 Å². The number of anilines is 1. The lowest BCUT2D eigenvalue weighted by molar-refractivity contribution is 0.102. The average molecular weight is 252 g/mol. The number of amides is 1. The predicted octanol–water partition coefficient (Wildman–Crippen LogP) is 3.39. The number of nitrogens with zero attached hydrogens (tertiary/aromatic N) is 1. The van der Waals surface area contributed by atoms with Crippen LogP contribution < -0.4 is 5.32 Å². The van der Waals surface area contributed by atoms with Crippen molar-refractivity contribution in [2.75, 3.05) is 5.32 Å². The van der Waals surface area contributed by atoms with Gasteiger partial charge in [0.2, 0.25) is 0 Å². The van der Waals surface area contributed by atoms with Crippen LogP contribution in [0.15, 0.2) is 53.3 Å². The molecule has 2 aromatic heterocycles. The van der Waals surface area contributed by atoms with Gasteiger partial charge in [0, 0.05) is 11.6 Å². The number of carbonyl (C=O) groups is 1. The Bertz CT molecular complexity index is 741. The first-order valence-electron chi connectivity index (χ1n) is 5.95. The lowest BCUT2D eigenvalue weighted by Crippen LogP contribution is -2.12. The number of furan rings is 1. The van der Waals surface area contributed by atoms with Gasteiger partial charge in [-0.2, -0.15) is 0 Å². The largest absolute Gasteiger partial charge is 0.469 e. The van der Waals surface area contributed by atoms with Crippen LogP contribution in [-0.4, -0.2) is 10.9 Å². The maximum atomic E-state index is 12.1. The molecule has 1 N–H and O–H groups in total. The first-order chi connectivity index (χ1) is 9.25. The quantitative estimate of drug-likeness (QED) is 0.760. The van der Waals surface area contributed by atoms with Gasteiger partial charge in [0.1, 0.15) is 5.76 Å². The molecule has 0 saturated heterocycles. The van der Waals surface area contributed by atoms with Crippen molar-refractivity contribution in [1.29, 1.82) is 0 Å². The highest BCUT2D eigenvalue weighted by Gasteiger charge is 2.12. The van der Waals surface area contributed by atoms with Crippen LogP contribution in [0.1, 0.15) is 16.1 Å². The van der Waals surface area contributed by atoms with Crippen molar-refractivity contribution in [3.8, 4) is 0 Å². The molecule has 94 valence electrons. The second-order valence-corrected chi connectivity index (χ2v) is 4.23. The van der Waals surface area contributed by atoms with Crippen molar-refractivity contribution >= 4 is 22.5 Å². The van der Waals surface area contributed by atoms with Gasteiger partial charge in [-0.25, -0.2) is 0 Å². The monoisotopic (exact) mass is 252 g/mol. The van der Waals surface area contributed by atoms with Gasteiger partial charge in [0.05, 0.1) is 23.0 Å². The van der Waals surface area contributed by atoms with Crippen LogP contribution in [-0.2, 0) is 0 Å². The number of benzene rings is 1. The number of aromatic nitrogens is 1. The second-order valence-electron chi connectivity index (χ2n) is 4.23. The Morgan fingerprint density at radius 3 is 2.84 bits per heavy atom. The smallest absolute Gasteiger partial charge is 0.259 e. The van der Waals surface area contributed by atoms with Crippen LogP contribution in [0.25, 0.3) is 10.9 Å². The molecule has 1 amide bonds. The molecule has 0 radical (unpaired) electrons. The molecule has 0 unspecified atom stereocenters. The van der Waals surface area contributed by atoms with E-state index in [1.54, 1.807) is 19.2 Å². The number of hydrogen-bond acceptors (Lipinski definition) is 3. The van der Waals surface area contributed by atoms with Crippen molar-refractivity contribution in [2.24, 2.45) is 0 Å². The highest BCUT2D eigenvalue weighted by Crippen LogP contribution is 2.21. The SMILES string of the molecule is Cc1occc1C(=O)Nc1cccc2cccnc12. The zero-order chi connectivity index (χ0) is 13.2. The summed E-state index contributed by atoms with van der Waals surface area (Å²) >= 11 is 0. The molecule has 3 rings (SSSR count). The summed E-state index contributed by atoms with van der Waals surface area (Å²) in [6.07, 6.45) is 3.21. The van der Waals surface area contributed by atoms with Crippen LogP contribution in [0, 0.1) is 6.92 Å². The standard InChI is InChI=1S/C15H12N2O2/c1-10-12(7-9-19-10)15(18)17-13-6-2-4-11-5-3-8-16-14(11)13/h2-9H,1H3,(H,17,18). The van der Waals surface area contributed by atoms with E-state index in [0.29, 0.717) is 17.0 Å². The minimum atomic E-state index is -0.190. The Balaban J connectivity index is 1.98. The van der Waals surface area contributed by atoms with Crippen LogP contribution in [0.3, 0.4) is 0 Å². The van der Waals surface area contributed by atoms with Gasteiger partial charge >= 0.3 is 0 Å². The Hall–Kier alpha value is -2.62. The molecule has 0 spiro atoms. The first-order valence-corrected chi connectivity index (χ1v) is 5.95. The third kappa shape index (κ3) is 2.08. The number of carbonyl (C=O) groups excluding carboxylic acids is 1. The Morgan fingerprint density at radius 1 is 1.21 bits per heavy atom. The molecule has 0 fully saturated rings. The van der Waals surface area contributed by atoms with Crippen LogP contribution >= 0.6 is 0 Å². The fraction of sp³-hybridized carbons (Fsp3) is 0.0667. The highest BCUT2D eigenvalue weighted by molar-refractivity contribution is 6.08. The third-order valence-corrected chi connectivity index (χ3v) is 2.98. The molecular weight excluding hydrogens is 240 g/mol. The van der Waals surface area contributed by atoms with E-state index in [1.165, 1.54) is 6.26 Å². The summed E-state index contributed by atoms with van der Waals surface area (Å²) < 4.78 is 5.13. The zero-order valence-corrected chi connectivity index (χ0v) is 10.4. The maximum absolute atomic E-state index is 12.1. The molecule has 1 aromatic carbocycles. The Kier molecular flexibility index (Phi) is 2.76. The molecule has 3 aromatic rings. The number of para-hydroxylation sites is 1. The highest BCUT2D eigenvalue weighted by atomic mass is 16.3. The lowest BCUT2D eigenvalue weighted by Gasteiger charge is -2.07. The van der Waals surface area contributed by atoms with Crippen molar-refractivity contribution in [3.63, 3.8) is 0 Å². The van der Waals surface area contributed by atoms with E-state index in [0.717, 1.165) is 10.9 Å². The van der Waals surface area contributed by atoms with Gasteiger partial charge in [-0.3, -0.25) is 9.78 Å². The summed E-state index contributed by atoms with van der Waals surface area (Å²) in [6.45, 7) is 1.76. The van der Waals surface area contributed by atoms with E-state index < -0.39 is 0 Å². The molecule has 4 heteroatoms. The number of aryl methyl sites for hydroxylation is 1. The van der Waals surface area contributed by atoms with Crippen molar-refractivity contribution in [1.82, 2.24) is 4.98 Å². The molecule has 0 aliphatic heterocycles. The van der Waals surface area contributed by atoms with Crippen LogP contribution in [0.2, 0.25) is 0 Å². The Labute approximate surface area is 110 Å². The van der Waals surface area contributed by atoms with Gasteiger partial charge < -0.3 is 9.73 Å². The summed E-state index contributed by atoms with van der Waals surface area (Å²) in [5.41, 5.74) is 2.01. The summed E-state index contributed by atoms with van der Waals surface area (Å²) in [5.74, 6) is 0.412. The second kappa shape index (κ2) is 4.57. The zero-order valence-electron chi connectivity index (χ0n) is 10.4. The fourth-order valence-corrected chi connectivity index (χ4v) is 2.02. The number of pyridine rings is 1. The molecule has 2 heterocycles. The topological polar surface area (TPSA) is 55.1 Å². The van der Waals surface area contributed by atoms with E-state index in [4.69, 9.17) is 4.42 Å². The summed E-state index contributed by atoms with van der Waals surface area (Å²) in [5, 5.41) is 3.86. The molecular formula is C15H12N2O2. The molecule has 0 saturated carbocycles. The number of rotatable bonds is 2. The van der Waals surface area contributed by atoms with Gasteiger partial charge in [-0.15, -0.1) is 0 Å². The predicted molar refractivity (Wildman–Crippen MR) is 73.1 cm³/mol. The van der Waals surface area contributed by atoms with E-state index in [2.05, 4.69) is 10.3 Å². The summed E-state index contributed by atoms with van der Waals surface area (Å²) in [6, 6.07) is 11.2.